The first kappa shape index (κ1) is 21.8. The van der Waals surface area contributed by atoms with Gasteiger partial charge in [-0.2, -0.15) is 0 Å². The molecule has 1 aliphatic rings. The standard InChI is InChI=1S/C23H26N2O4S/c1-16(2)18-10-8-17(9-11-18)14-21(25-22(26)19-6-4-3-5-7-19)23(27)24-20-12-13-30(28,29)15-20/h3-11,14,16,20H,12-13,15H2,1-2H3,(H,24,27)(H,25,26)/b21-14+/t20-/m1/s1. The van der Waals surface area contributed by atoms with Crippen LogP contribution in [-0.2, 0) is 14.6 Å². The third-order valence-electron chi connectivity index (χ3n) is 5.01. The third kappa shape index (κ3) is 5.79. The van der Waals surface area contributed by atoms with E-state index in [-0.39, 0.29) is 17.2 Å². The Bertz CT molecular complexity index is 1040. The number of carbonyl (C=O) groups excluding carboxylic acids is 2. The highest BCUT2D eigenvalue weighted by Gasteiger charge is 2.30. The average Bonchev–Trinajstić information content (AvgIpc) is 3.06. The zero-order valence-corrected chi connectivity index (χ0v) is 17.9. The molecule has 1 fully saturated rings. The fraction of sp³-hybridized carbons (Fsp3) is 0.304. The second-order valence-electron chi connectivity index (χ2n) is 7.77. The molecule has 1 aliphatic heterocycles. The fourth-order valence-electron chi connectivity index (χ4n) is 3.26. The van der Waals surface area contributed by atoms with Gasteiger partial charge in [-0.1, -0.05) is 56.3 Å². The molecule has 2 aromatic carbocycles. The maximum atomic E-state index is 12.9. The van der Waals surface area contributed by atoms with Crippen LogP contribution in [0.25, 0.3) is 6.08 Å². The number of carbonyl (C=O) groups is 2. The minimum absolute atomic E-state index is 0.0596. The van der Waals surface area contributed by atoms with Crippen LogP contribution in [0.15, 0.2) is 60.3 Å². The van der Waals surface area contributed by atoms with Gasteiger partial charge < -0.3 is 10.6 Å². The molecule has 0 radical (unpaired) electrons. The van der Waals surface area contributed by atoms with E-state index < -0.39 is 27.7 Å². The van der Waals surface area contributed by atoms with Gasteiger partial charge in [-0.05, 0) is 41.7 Å². The maximum Gasteiger partial charge on any atom is 0.268 e. The first-order valence-corrected chi connectivity index (χ1v) is 11.7. The summed E-state index contributed by atoms with van der Waals surface area (Å²) in [6.45, 7) is 4.19. The van der Waals surface area contributed by atoms with E-state index in [9.17, 15) is 18.0 Å². The van der Waals surface area contributed by atoms with Crippen molar-refractivity contribution in [2.24, 2.45) is 0 Å². The van der Waals surface area contributed by atoms with Crippen LogP contribution in [-0.4, -0.2) is 37.8 Å². The third-order valence-corrected chi connectivity index (χ3v) is 6.78. The molecule has 6 nitrogen and oxygen atoms in total. The van der Waals surface area contributed by atoms with Crippen LogP contribution in [0, 0.1) is 0 Å². The van der Waals surface area contributed by atoms with E-state index in [0.29, 0.717) is 17.9 Å². The van der Waals surface area contributed by atoms with E-state index >= 15 is 0 Å². The molecule has 0 unspecified atom stereocenters. The predicted molar refractivity (Wildman–Crippen MR) is 118 cm³/mol. The lowest BCUT2D eigenvalue weighted by Gasteiger charge is -2.15. The van der Waals surface area contributed by atoms with Gasteiger partial charge in [0.25, 0.3) is 11.8 Å². The lowest BCUT2D eigenvalue weighted by atomic mass is 10.0. The first-order chi connectivity index (χ1) is 14.2. The Morgan fingerprint density at radius 3 is 2.27 bits per heavy atom. The van der Waals surface area contributed by atoms with Gasteiger partial charge in [0.2, 0.25) is 0 Å². The van der Waals surface area contributed by atoms with Gasteiger partial charge in [0, 0.05) is 11.6 Å². The molecule has 0 saturated carbocycles. The first-order valence-electron chi connectivity index (χ1n) is 9.93. The summed E-state index contributed by atoms with van der Waals surface area (Å²) in [5.41, 5.74) is 2.43. The van der Waals surface area contributed by atoms with Crippen molar-refractivity contribution >= 4 is 27.7 Å². The number of sulfone groups is 1. The van der Waals surface area contributed by atoms with Crippen molar-refractivity contribution < 1.29 is 18.0 Å². The van der Waals surface area contributed by atoms with Crippen LogP contribution in [0.3, 0.4) is 0 Å². The number of benzene rings is 2. The minimum atomic E-state index is -3.13. The second kappa shape index (κ2) is 9.26. The van der Waals surface area contributed by atoms with Gasteiger partial charge in [0.15, 0.2) is 9.84 Å². The summed E-state index contributed by atoms with van der Waals surface area (Å²) in [6, 6.07) is 15.9. The fourth-order valence-corrected chi connectivity index (χ4v) is 4.93. The Morgan fingerprint density at radius 1 is 1.03 bits per heavy atom. The molecule has 0 spiro atoms. The quantitative estimate of drug-likeness (QED) is 0.695. The Hall–Kier alpha value is -2.93. The van der Waals surface area contributed by atoms with Crippen LogP contribution >= 0.6 is 0 Å². The molecule has 0 bridgehead atoms. The molecule has 7 heteroatoms. The number of rotatable bonds is 6. The Balaban J connectivity index is 1.83. The molecule has 2 aromatic rings. The molecule has 2 amide bonds. The number of amides is 2. The average molecular weight is 427 g/mol. The highest BCUT2D eigenvalue weighted by Crippen LogP contribution is 2.17. The highest BCUT2D eigenvalue weighted by atomic mass is 32.2. The van der Waals surface area contributed by atoms with Crippen molar-refractivity contribution in [3.05, 3.63) is 77.0 Å². The van der Waals surface area contributed by atoms with E-state index in [1.165, 1.54) is 5.56 Å². The zero-order chi connectivity index (χ0) is 21.7. The van der Waals surface area contributed by atoms with E-state index in [0.717, 1.165) is 5.56 Å². The van der Waals surface area contributed by atoms with Gasteiger partial charge >= 0.3 is 0 Å². The largest absolute Gasteiger partial charge is 0.347 e. The van der Waals surface area contributed by atoms with Gasteiger partial charge in [0.1, 0.15) is 5.70 Å². The lowest BCUT2D eigenvalue weighted by Crippen LogP contribution is -2.41. The maximum absolute atomic E-state index is 12.9. The Labute approximate surface area is 177 Å². The monoisotopic (exact) mass is 426 g/mol. The van der Waals surface area contributed by atoms with Gasteiger partial charge in [-0.3, -0.25) is 9.59 Å². The summed E-state index contributed by atoms with van der Waals surface area (Å²) in [5.74, 6) is -0.553. The summed E-state index contributed by atoms with van der Waals surface area (Å²) in [5, 5.41) is 5.41. The molecule has 0 aromatic heterocycles. The van der Waals surface area contributed by atoms with Crippen LogP contribution < -0.4 is 10.6 Å². The van der Waals surface area contributed by atoms with E-state index in [1.807, 2.05) is 24.3 Å². The summed E-state index contributed by atoms with van der Waals surface area (Å²) >= 11 is 0. The number of nitrogens with one attached hydrogen (secondary N) is 2. The van der Waals surface area contributed by atoms with Crippen LogP contribution in [0.1, 0.15) is 47.7 Å². The van der Waals surface area contributed by atoms with Crippen LogP contribution in [0.5, 0.6) is 0 Å². The second-order valence-corrected chi connectivity index (χ2v) is 10.0. The predicted octanol–water partition coefficient (Wildman–Crippen LogP) is 2.88. The Kier molecular flexibility index (Phi) is 6.72. The highest BCUT2D eigenvalue weighted by molar-refractivity contribution is 7.91. The SMILES string of the molecule is CC(C)c1ccc(/C=C(/NC(=O)c2ccccc2)C(=O)N[C@@H]2CCS(=O)(=O)C2)cc1. The van der Waals surface area contributed by atoms with Crippen molar-refractivity contribution in [2.45, 2.75) is 32.2 Å². The lowest BCUT2D eigenvalue weighted by molar-refractivity contribution is -0.118. The van der Waals surface area contributed by atoms with Gasteiger partial charge in [-0.25, -0.2) is 8.42 Å². The normalized spacial score (nSPS) is 18.2. The van der Waals surface area contributed by atoms with Gasteiger partial charge in [-0.15, -0.1) is 0 Å². The van der Waals surface area contributed by atoms with Crippen molar-refractivity contribution in [3.63, 3.8) is 0 Å². The topological polar surface area (TPSA) is 92.3 Å². The molecule has 1 atom stereocenters. The van der Waals surface area contributed by atoms with Crippen molar-refractivity contribution in [2.75, 3.05) is 11.5 Å². The van der Waals surface area contributed by atoms with Crippen molar-refractivity contribution in [1.82, 2.24) is 10.6 Å². The van der Waals surface area contributed by atoms with Crippen molar-refractivity contribution in [1.29, 1.82) is 0 Å². The molecule has 2 N–H and O–H groups in total. The van der Waals surface area contributed by atoms with E-state index in [2.05, 4.69) is 24.5 Å². The molecule has 30 heavy (non-hydrogen) atoms. The van der Waals surface area contributed by atoms with Gasteiger partial charge in [0.05, 0.1) is 11.5 Å². The summed E-state index contributed by atoms with van der Waals surface area (Å²) in [6.07, 6.45) is 1.97. The summed E-state index contributed by atoms with van der Waals surface area (Å²) in [4.78, 5) is 25.5. The summed E-state index contributed by atoms with van der Waals surface area (Å²) in [7, 11) is -3.13. The van der Waals surface area contributed by atoms with Crippen LogP contribution in [0.2, 0.25) is 0 Å². The molecule has 3 rings (SSSR count). The smallest absolute Gasteiger partial charge is 0.268 e. The molecule has 158 valence electrons. The van der Waals surface area contributed by atoms with Crippen LogP contribution in [0.4, 0.5) is 0 Å². The number of hydrogen-bond acceptors (Lipinski definition) is 4. The van der Waals surface area contributed by atoms with E-state index in [1.54, 1.807) is 36.4 Å². The summed E-state index contributed by atoms with van der Waals surface area (Å²) < 4.78 is 23.4. The molecular formula is C23H26N2O4S. The molecule has 1 heterocycles. The van der Waals surface area contributed by atoms with Crippen molar-refractivity contribution in [3.8, 4) is 0 Å². The molecule has 1 saturated heterocycles. The van der Waals surface area contributed by atoms with E-state index in [4.69, 9.17) is 0 Å². The zero-order valence-electron chi connectivity index (χ0n) is 17.1. The molecule has 0 aliphatic carbocycles. The number of hydrogen-bond donors (Lipinski definition) is 2. The Morgan fingerprint density at radius 2 is 1.70 bits per heavy atom. The molecular weight excluding hydrogens is 400 g/mol. The minimum Gasteiger partial charge on any atom is -0.347 e.